The number of hydrogen-bond acceptors (Lipinski definition) is 3. The fourth-order valence-corrected chi connectivity index (χ4v) is 1.94. The van der Waals surface area contributed by atoms with E-state index in [9.17, 15) is 14.7 Å². The zero-order valence-corrected chi connectivity index (χ0v) is 12.9. The number of aliphatic carboxylic acids is 1. The SMILES string of the molecule is CCC(C)(CNC(=O)c1ccccc1CCNC)C(=O)O. The quantitative estimate of drug-likeness (QED) is 0.681. The number of carbonyl (C=O) groups is 2. The Hall–Kier alpha value is -1.88. The highest BCUT2D eigenvalue weighted by atomic mass is 16.4. The molecule has 0 aliphatic carbocycles. The number of rotatable bonds is 8. The van der Waals surface area contributed by atoms with Gasteiger partial charge in [0.25, 0.3) is 5.91 Å². The van der Waals surface area contributed by atoms with Crippen LogP contribution in [0.1, 0.15) is 36.2 Å². The van der Waals surface area contributed by atoms with E-state index in [1.165, 1.54) is 0 Å². The second kappa shape index (κ2) is 7.78. The number of carboxylic acids is 1. The summed E-state index contributed by atoms with van der Waals surface area (Å²) in [5.41, 5.74) is 0.629. The predicted molar refractivity (Wildman–Crippen MR) is 82.4 cm³/mol. The highest BCUT2D eigenvalue weighted by Crippen LogP contribution is 2.20. The van der Waals surface area contributed by atoms with Gasteiger partial charge in [0.2, 0.25) is 0 Å². The average molecular weight is 292 g/mol. The van der Waals surface area contributed by atoms with Gasteiger partial charge in [-0.1, -0.05) is 25.1 Å². The van der Waals surface area contributed by atoms with Crippen molar-refractivity contribution in [3.63, 3.8) is 0 Å². The number of carbonyl (C=O) groups excluding carboxylic acids is 1. The Bertz CT molecular complexity index is 502. The molecule has 0 heterocycles. The average Bonchev–Trinajstić information content (AvgIpc) is 2.50. The van der Waals surface area contributed by atoms with Crippen LogP contribution in [0.4, 0.5) is 0 Å². The highest BCUT2D eigenvalue weighted by molar-refractivity contribution is 5.96. The highest BCUT2D eigenvalue weighted by Gasteiger charge is 2.31. The maximum Gasteiger partial charge on any atom is 0.311 e. The van der Waals surface area contributed by atoms with E-state index in [-0.39, 0.29) is 12.5 Å². The maximum atomic E-state index is 12.3. The van der Waals surface area contributed by atoms with Gasteiger partial charge in [-0.3, -0.25) is 9.59 Å². The van der Waals surface area contributed by atoms with Crippen molar-refractivity contribution in [2.75, 3.05) is 20.1 Å². The van der Waals surface area contributed by atoms with Crippen molar-refractivity contribution < 1.29 is 14.7 Å². The van der Waals surface area contributed by atoms with Gasteiger partial charge < -0.3 is 15.7 Å². The van der Waals surface area contributed by atoms with Crippen molar-refractivity contribution in [1.82, 2.24) is 10.6 Å². The fraction of sp³-hybridized carbons (Fsp3) is 0.500. The van der Waals surface area contributed by atoms with E-state index < -0.39 is 11.4 Å². The normalized spacial score (nSPS) is 13.5. The molecule has 1 atom stereocenters. The first kappa shape index (κ1) is 17.2. The van der Waals surface area contributed by atoms with Gasteiger partial charge in [0, 0.05) is 12.1 Å². The monoisotopic (exact) mass is 292 g/mol. The van der Waals surface area contributed by atoms with Gasteiger partial charge in [-0.25, -0.2) is 0 Å². The van der Waals surface area contributed by atoms with E-state index in [4.69, 9.17) is 0 Å². The van der Waals surface area contributed by atoms with Crippen LogP contribution in [0.15, 0.2) is 24.3 Å². The van der Waals surface area contributed by atoms with Gasteiger partial charge in [-0.05, 0) is 45.0 Å². The predicted octanol–water partition coefficient (Wildman–Crippen LogP) is 1.68. The van der Waals surface area contributed by atoms with Gasteiger partial charge in [0.15, 0.2) is 0 Å². The molecule has 5 nitrogen and oxygen atoms in total. The number of benzene rings is 1. The smallest absolute Gasteiger partial charge is 0.311 e. The maximum absolute atomic E-state index is 12.3. The first-order chi connectivity index (χ1) is 9.94. The van der Waals surface area contributed by atoms with E-state index in [1.807, 2.05) is 25.2 Å². The van der Waals surface area contributed by atoms with Crippen LogP contribution >= 0.6 is 0 Å². The van der Waals surface area contributed by atoms with Crippen molar-refractivity contribution >= 4 is 11.9 Å². The standard InChI is InChI=1S/C16H24N2O3/c1-4-16(2,15(20)21)11-18-14(19)13-8-6-5-7-12(13)9-10-17-3/h5-8,17H,4,9-11H2,1-3H3,(H,18,19)(H,20,21). The van der Waals surface area contributed by atoms with Gasteiger partial charge in [0.05, 0.1) is 5.41 Å². The molecule has 1 amide bonds. The zero-order chi connectivity index (χ0) is 15.9. The van der Waals surface area contributed by atoms with E-state index in [2.05, 4.69) is 10.6 Å². The molecule has 0 radical (unpaired) electrons. The summed E-state index contributed by atoms with van der Waals surface area (Å²) in [6.45, 7) is 4.35. The molecule has 0 aromatic heterocycles. The van der Waals surface area contributed by atoms with Gasteiger partial charge in [0.1, 0.15) is 0 Å². The lowest BCUT2D eigenvalue weighted by molar-refractivity contribution is -0.147. The van der Waals surface area contributed by atoms with Crippen molar-refractivity contribution in [3.05, 3.63) is 35.4 Å². The Balaban J connectivity index is 2.78. The summed E-state index contributed by atoms with van der Waals surface area (Å²) < 4.78 is 0. The zero-order valence-electron chi connectivity index (χ0n) is 12.9. The minimum absolute atomic E-state index is 0.123. The molecule has 5 heteroatoms. The molecule has 1 aromatic rings. The van der Waals surface area contributed by atoms with Crippen LogP contribution in [0.25, 0.3) is 0 Å². The van der Waals surface area contributed by atoms with Crippen LogP contribution in [-0.2, 0) is 11.2 Å². The third kappa shape index (κ3) is 4.56. The number of carboxylic acid groups (broad SMARTS) is 1. The molecule has 0 bridgehead atoms. The number of likely N-dealkylation sites (N-methyl/N-ethyl adjacent to an activating group) is 1. The Morgan fingerprint density at radius 3 is 2.52 bits per heavy atom. The summed E-state index contributed by atoms with van der Waals surface area (Å²) in [6.07, 6.45) is 1.22. The molecule has 21 heavy (non-hydrogen) atoms. The third-order valence-electron chi connectivity index (χ3n) is 3.84. The second-order valence-corrected chi connectivity index (χ2v) is 5.41. The summed E-state index contributed by atoms with van der Waals surface area (Å²) >= 11 is 0. The van der Waals surface area contributed by atoms with Crippen LogP contribution in [-0.4, -0.2) is 37.1 Å². The van der Waals surface area contributed by atoms with Gasteiger partial charge >= 0.3 is 5.97 Å². The Kier molecular flexibility index (Phi) is 6.37. The molecule has 3 N–H and O–H groups in total. The second-order valence-electron chi connectivity index (χ2n) is 5.41. The van der Waals surface area contributed by atoms with Gasteiger partial charge in [-0.15, -0.1) is 0 Å². The molecule has 0 aliphatic rings. The molecule has 0 aliphatic heterocycles. The Labute approximate surface area is 125 Å². The molecule has 0 spiro atoms. The van der Waals surface area contributed by atoms with Crippen LogP contribution in [0.5, 0.6) is 0 Å². The van der Waals surface area contributed by atoms with E-state index >= 15 is 0 Å². The molecular weight excluding hydrogens is 268 g/mol. The van der Waals surface area contributed by atoms with E-state index in [1.54, 1.807) is 19.9 Å². The summed E-state index contributed by atoms with van der Waals surface area (Å²) in [4.78, 5) is 23.5. The number of hydrogen-bond donors (Lipinski definition) is 3. The lowest BCUT2D eigenvalue weighted by Crippen LogP contribution is -2.40. The van der Waals surface area contributed by atoms with Gasteiger partial charge in [-0.2, -0.15) is 0 Å². The van der Waals surface area contributed by atoms with Crippen molar-refractivity contribution in [2.24, 2.45) is 5.41 Å². The topological polar surface area (TPSA) is 78.4 Å². The Morgan fingerprint density at radius 1 is 1.29 bits per heavy atom. The lowest BCUT2D eigenvalue weighted by Gasteiger charge is -2.23. The summed E-state index contributed by atoms with van der Waals surface area (Å²) in [5.74, 6) is -1.11. The van der Waals surface area contributed by atoms with Crippen LogP contribution in [0.2, 0.25) is 0 Å². The Morgan fingerprint density at radius 2 is 1.95 bits per heavy atom. The van der Waals surface area contributed by atoms with Crippen molar-refractivity contribution in [2.45, 2.75) is 26.7 Å². The van der Waals surface area contributed by atoms with Crippen LogP contribution in [0, 0.1) is 5.41 Å². The molecule has 1 unspecified atom stereocenters. The van der Waals surface area contributed by atoms with Crippen LogP contribution < -0.4 is 10.6 Å². The molecule has 0 saturated heterocycles. The van der Waals surface area contributed by atoms with Crippen LogP contribution in [0.3, 0.4) is 0 Å². The van der Waals surface area contributed by atoms with E-state index in [0.29, 0.717) is 12.0 Å². The number of amides is 1. The van der Waals surface area contributed by atoms with Crippen molar-refractivity contribution in [3.8, 4) is 0 Å². The molecular formula is C16H24N2O3. The summed E-state index contributed by atoms with van der Waals surface area (Å²) in [7, 11) is 1.86. The minimum Gasteiger partial charge on any atom is -0.481 e. The first-order valence-corrected chi connectivity index (χ1v) is 7.18. The van der Waals surface area contributed by atoms with E-state index in [0.717, 1.165) is 18.5 Å². The molecule has 0 saturated carbocycles. The molecule has 1 aromatic carbocycles. The largest absolute Gasteiger partial charge is 0.481 e. The lowest BCUT2D eigenvalue weighted by atomic mass is 9.87. The fourth-order valence-electron chi connectivity index (χ4n) is 1.94. The minimum atomic E-state index is -0.935. The number of nitrogens with one attached hydrogen (secondary N) is 2. The summed E-state index contributed by atoms with van der Waals surface area (Å²) in [5, 5.41) is 15.0. The summed E-state index contributed by atoms with van der Waals surface area (Å²) in [6, 6.07) is 7.40. The third-order valence-corrected chi connectivity index (χ3v) is 3.84. The molecule has 0 fully saturated rings. The molecule has 1 rings (SSSR count). The first-order valence-electron chi connectivity index (χ1n) is 7.18. The van der Waals surface area contributed by atoms with Crippen molar-refractivity contribution in [1.29, 1.82) is 0 Å². The molecule has 116 valence electrons.